The Bertz CT molecular complexity index is 1170. The molecule has 2 amide bonds. The molecule has 0 aliphatic heterocycles. The molecule has 0 atom stereocenters. The zero-order valence-corrected chi connectivity index (χ0v) is 19.3. The summed E-state index contributed by atoms with van der Waals surface area (Å²) in [6, 6.07) is 3.11. The van der Waals surface area contributed by atoms with Gasteiger partial charge in [-0.3, -0.25) is 19.6 Å². The van der Waals surface area contributed by atoms with E-state index in [2.05, 4.69) is 15.4 Å². The van der Waals surface area contributed by atoms with E-state index in [1.165, 1.54) is 11.6 Å². The number of anilines is 1. The van der Waals surface area contributed by atoms with Gasteiger partial charge in [0, 0.05) is 38.8 Å². The Kier molecular flexibility index (Phi) is 7.64. The topological polar surface area (TPSA) is 126 Å². The average Bonchev–Trinajstić information content (AvgIpc) is 3.27. The lowest BCUT2D eigenvalue weighted by atomic mass is 10.1. The van der Waals surface area contributed by atoms with Crippen LogP contribution < -0.4 is 15.8 Å². The van der Waals surface area contributed by atoms with Crippen molar-refractivity contribution < 1.29 is 23.5 Å². The van der Waals surface area contributed by atoms with Crippen LogP contribution in [-0.2, 0) is 17.8 Å². The number of ether oxygens (including phenoxy) is 2. The lowest BCUT2D eigenvalue weighted by Crippen LogP contribution is -2.21. The molecule has 0 fully saturated rings. The van der Waals surface area contributed by atoms with E-state index in [1.807, 2.05) is 6.92 Å². The van der Waals surface area contributed by atoms with Gasteiger partial charge in [0.1, 0.15) is 11.3 Å². The Morgan fingerprint density at radius 3 is 2.64 bits per heavy atom. The van der Waals surface area contributed by atoms with Crippen LogP contribution in [0.3, 0.4) is 0 Å². The molecule has 0 bridgehead atoms. The second kappa shape index (κ2) is 10.4. The standard InChI is InChI=1S/C22H29FN6O4/c1-5-8-28-18-15(11-14(20(24)30)12-16(18)33-10-7-9-32-4)25-22(28)26-21(31)19-17(23)13(3)27-29(19)6-2/h11-12H,5-10H2,1-4H3,(H2,24,30)(H,25,26,31). The number of rotatable bonds is 11. The van der Waals surface area contributed by atoms with E-state index in [0.29, 0.717) is 49.5 Å². The molecule has 11 heteroatoms. The van der Waals surface area contributed by atoms with Crippen LogP contribution in [0.25, 0.3) is 11.0 Å². The summed E-state index contributed by atoms with van der Waals surface area (Å²) in [5, 5.41) is 6.76. The highest BCUT2D eigenvalue weighted by molar-refractivity contribution is 6.04. The lowest BCUT2D eigenvalue weighted by molar-refractivity contribution is 0.0994. The molecule has 3 N–H and O–H groups in total. The Hall–Kier alpha value is -3.47. The van der Waals surface area contributed by atoms with E-state index in [4.69, 9.17) is 15.2 Å². The predicted molar refractivity (Wildman–Crippen MR) is 121 cm³/mol. The minimum absolute atomic E-state index is 0.141. The van der Waals surface area contributed by atoms with E-state index in [-0.39, 0.29) is 22.9 Å². The van der Waals surface area contributed by atoms with Gasteiger partial charge in [-0.05, 0) is 32.4 Å². The van der Waals surface area contributed by atoms with Gasteiger partial charge in [0.05, 0.1) is 17.8 Å². The number of primary amides is 1. The van der Waals surface area contributed by atoms with Gasteiger partial charge < -0.3 is 19.8 Å². The summed E-state index contributed by atoms with van der Waals surface area (Å²) in [6.07, 6.45) is 1.37. The number of nitrogens with one attached hydrogen (secondary N) is 1. The zero-order chi connectivity index (χ0) is 24.1. The summed E-state index contributed by atoms with van der Waals surface area (Å²) >= 11 is 0. The van der Waals surface area contributed by atoms with E-state index in [9.17, 15) is 14.0 Å². The number of benzene rings is 1. The third-order valence-corrected chi connectivity index (χ3v) is 5.08. The number of imidazole rings is 1. The fraction of sp³-hybridized carbons (Fsp3) is 0.455. The van der Waals surface area contributed by atoms with Gasteiger partial charge in [0.15, 0.2) is 11.5 Å². The van der Waals surface area contributed by atoms with Gasteiger partial charge in [0.2, 0.25) is 11.9 Å². The third-order valence-electron chi connectivity index (χ3n) is 5.08. The highest BCUT2D eigenvalue weighted by Crippen LogP contribution is 2.31. The van der Waals surface area contributed by atoms with Crippen molar-refractivity contribution in [3.05, 3.63) is 34.9 Å². The first-order valence-electron chi connectivity index (χ1n) is 10.8. The number of carbonyl (C=O) groups is 2. The van der Waals surface area contributed by atoms with Gasteiger partial charge in [-0.15, -0.1) is 0 Å². The minimum atomic E-state index is -0.675. The average molecular weight is 461 g/mol. The largest absolute Gasteiger partial charge is 0.491 e. The number of hydrogen-bond acceptors (Lipinski definition) is 6. The monoisotopic (exact) mass is 460 g/mol. The summed E-state index contributed by atoms with van der Waals surface area (Å²) in [6.45, 7) is 6.96. The number of carbonyl (C=O) groups excluding carboxylic acids is 2. The van der Waals surface area contributed by atoms with E-state index >= 15 is 0 Å². The Morgan fingerprint density at radius 1 is 1.24 bits per heavy atom. The van der Waals surface area contributed by atoms with Crippen LogP contribution in [0.2, 0.25) is 0 Å². The maximum atomic E-state index is 14.6. The van der Waals surface area contributed by atoms with Crippen molar-refractivity contribution in [2.75, 3.05) is 25.6 Å². The molecule has 1 aromatic carbocycles. The molecule has 2 aromatic heterocycles. The molecule has 0 aliphatic rings. The molecule has 3 rings (SSSR count). The van der Waals surface area contributed by atoms with Crippen LogP contribution in [0, 0.1) is 12.7 Å². The molecule has 0 radical (unpaired) electrons. The van der Waals surface area contributed by atoms with Crippen LogP contribution in [0.15, 0.2) is 12.1 Å². The van der Waals surface area contributed by atoms with E-state index < -0.39 is 17.6 Å². The summed E-state index contributed by atoms with van der Waals surface area (Å²) < 4.78 is 28.6. The number of fused-ring (bicyclic) bond motifs is 1. The van der Waals surface area contributed by atoms with Crippen LogP contribution in [-0.4, -0.2) is 51.5 Å². The zero-order valence-electron chi connectivity index (χ0n) is 19.3. The molecule has 0 aliphatic carbocycles. The molecule has 0 spiro atoms. The quantitative estimate of drug-likeness (QED) is 0.424. The van der Waals surface area contributed by atoms with Crippen LogP contribution in [0.4, 0.5) is 10.3 Å². The first kappa shape index (κ1) is 24.2. The summed E-state index contributed by atoms with van der Waals surface area (Å²) in [5.41, 5.74) is 6.73. The molecule has 0 unspecified atom stereocenters. The van der Waals surface area contributed by atoms with Crippen LogP contribution in [0.5, 0.6) is 5.75 Å². The normalized spacial score (nSPS) is 11.2. The number of nitrogens with zero attached hydrogens (tertiary/aromatic N) is 4. The lowest BCUT2D eigenvalue weighted by Gasteiger charge is -2.13. The molecule has 2 heterocycles. The molecule has 3 aromatic rings. The van der Waals surface area contributed by atoms with E-state index in [1.54, 1.807) is 30.7 Å². The van der Waals surface area contributed by atoms with Gasteiger partial charge in [-0.25, -0.2) is 9.37 Å². The first-order chi connectivity index (χ1) is 15.8. The summed E-state index contributed by atoms with van der Waals surface area (Å²) in [4.78, 5) is 29.3. The molecular weight excluding hydrogens is 431 g/mol. The maximum Gasteiger partial charge on any atom is 0.279 e. The second-order valence-corrected chi connectivity index (χ2v) is 7.51. The number of halogens is 1. The fourth-order valence-corrected chi connectivity index (χ4v) is 3.57. The number of methoxy groups -OCH3 is 1. The van der Waals surface area contributed by atoms with Gasteiger partial charge in [-0.1, -0.05) is 6.92 Å². The molecule has 33 heavy (non-hydrogen) atoms. The van der Waals surface area contributed by atoms with Gasteiger partial charge in [-0.2, -0.15) is 5.10 Å². The number of aryl methyl sites for hydroxylation is 3. The van der Waals surface area contributed by atoms with Crippen molar-refractivity contribution in [1.29, 1.82) is 0 Å². The molecule has 0 saturated heterocycles. The highest BCUT2D eigenvalue weighted by atomic mass is 19.1. The van der Waals surface area contributed by atoms with Crippen molar-refractivity contribution in [2.24, 2.45) is 5.73 Å². The Labute approximate surface area is 190 Å². The van der Waals surface area contributed by atoms with Crippen molar-refractivity contribution >= 4 is 28.8 Å². The number of aromatic nitrogens is 4. The molecule has 178 valence electrons. The fourth-order valence-electron chi connectivity index (χ4n) is 3.57. The van der Waals surface area contributed by atoms with Crippen molar-refractivity contribution in [3.63, 3.8) is 0 Å². The molecular formula is C22H29FN6O4. The van der Waals surface area contributed by atoms with Crippen molar-refractivity contribution in [1.82, 2.24) is 19.3 Å². The Morgan fingerprint density at radius 2 is 2.00 bits per heavy atom. The van der Waals surface area contributed by atoms with E-state index in [0.717, 1.165) is 6.42 Å². The Balaban J connectivity index is 2.07. The first-order valence-corrected chi connectivity index (χ1v) is 10.8. The number of hydrogen-bond donors (Lipinski definition) is 2. The molecule has 0 saturated carbocycles. The van der Waals surface area contributed by atoms with Crippen LogP contribution >= 0.6 is 0 Å². The SMILES string of the molecule is CCCn1c(NC(=O)c2c(F)c(C)nn2CC)nc2cc(C(N)=O)cc(OCCCOC)c21. The summed E-state index contributed by atoms with van der Waals surface area (Å²) in [7, 11) is 1.60. The number of amides is 2. The third kappa shape index (κ3) is 4.98. The van der Waals surface area contributed by atoms with Crippen LogP contribution in [0.1, 0.15) is 53.2 Å². The predicted octanol–water partition coefficient (Wildman–Crippen LogP) is 2.88. The highest BCUT2D eigenvalue weighted by Gasteiger charge is 2.25. The number of nitrogens with two attached hydrogens (primary N) is 1. The smallest absolute Gasteiger partial charge is 0.279 e. The maximum absolute atomic E-state index is 14.6. The van der Waals surface area contributed by atoms with Crippen molar-refractivity contribution in [2.45, 2.75) is 46.7 Å². The second-order valence-electron chi connectivity index (χ2n) is 7.51. The van der Waals surface area contributed by atoms with Gasteiger partial charge >= 0.3 is 0 Å². The van der Waals surface area contributed by atoms with Crippen molar-refractivity contribution in [3.8, 4) is 5.75 Å². The molecule has 10 nitrogen and oxygen atoms in total. The minimum Gasteiger partial charge on any atom is -0.491 e. The summed E-state index contributed by atoms with van der Waals surface area (Å²) in [5.74, 6) is -1.34. The van der Waals surface area contributed by atoms with Gasteiger partial charge in [0.25, 0.3) is 5.91 Å².